The highest BCUT2D eigenvalue weighted by molar-refractivity contribution is 5.71. The zero-order valence-electron chi connectivity index (χ0n) is 24.1. The summed E-state index contributed by atoms with van der Waals surface area (Å²) in [4.78, 5) is 12.3. The van der Waals surface area contributed by atoms with Crippen molar-refractivity contribution in [3.05, 3.63) is 0 Å². The fourth-order valence-corrected chi connectivity index (χ4v) is 5.05. The van der Waals surface area contributed by atoms with Gasteiger partial charge in [-0.25, -0.2) is 0 Å². The Morgan fingerprint density at radius 1 is 0.500 bits per heavy atom. The fraction of sp³-hybridized carbons (Fsp3) is 0.969. The maximum absolute atomic E-state index is 12.3. The summed E-state index contributed by atoms with van der Waals surface area (Å²) in [5, 5.41) is 0. The highest BCUT2D eigenvalue weighted by Gasteiger charge is 2.16. The van der Waals surface area contributed by atoms with Crippen LogP contribution in [-0.4, -0.2) is 12.6 Å². The smallest absolute Gasteiger partial charge is 0.308 e. The maximum Gasteiger partial charge on any atom is 0.308 e. The van der Waals surface area contributed by atoms with E-state index in [1.807, 2.05) is 6.92 Å². The van der Waals surface area contributed by atoms with Crippen LogP contribution in [0.3, 0.4) is 0 Å². The van der Waals surface area contributed by atoms with Gasteiger partial charge in [0.1, 0.15) is 0 Å². The molecule has 2 nitrogen and oxygen atoms in total. The molecule has 0 aliphatic carbocycles. The number of carbonyl (C=O) groups excluding carboxylic acids is 1. The molecule has 0 radical (unpaired) electrons. The van der Waals surface area contributed by atoms with Crippen molar-refractivity contribution < 1.29 is 9.53 Å². The number of esters is 1. The maximum atomic E-state index is 12.3. The molecule has 0 aromatic rings. The molecule has 2 unspecified atom stereocenters. The molecule has 204 valence electrons. The van der Waals surface area contributed by atoms with Gasteiger partial charge in [-0.1, -0.05) is 163 Å². The zero-order chi connectivity index (χ0) is 25.1. The Bertz CT molecular complexity index is 406. The highest BCUT2D eigenvalue weighted by Crippen LogP contribution is 2.21. The van der Waals surface area contributed by atoms with Crippen molar-refractivity contribution in [2.45, 2.75) is 182 Å². The van der Waals surface area contributed by atoms with Crippen LogP contribution in [0.5, 0.6) is 0 Å². The normalized spacial score (nSPS) is 13.2. The first-order valence-corrected chi connectivity index (χ1v) is 15.8. The molecule has 0 saturated heterocycles. The van der Waals surface area contributed by atoms with Crippen LogP contribution in [-0.2, 0) is 9.53 Å². The molecular weight excluding hydrogens is 416 g/mol. The van der Waals surface area contributed by atoms with Crippen LogP contribution < -0.4 is 0 Å². The molecule has 0 N–H and O–H groups in total. The van der Waals surface area contributed by atoms with E-state index in [4.69, 9.17) is 4.74 Å². The molecule has 0 aromatic heterocycles. The Hall–Kier alpha value is -0.530. The number of hydrogen-bond donors (Lipinski definition) is 0. The van der Waals surface area contributed by atoms with Gasteiger partial charge in [-0.15, -0.1) is 0 Å². The Balaban J connectivity index is 3.97. The van der Waals surface area contributed by atoms with Crippen LogP contribution in [0.1, 0.15) is 182 Å². The minimum atomic E-state index is 0.0254. The average Bonchev–Trinajstić information content (AvgIpc) is 2.84. The second-order valence-electron chi connectivity index (χ2n) is 11.1. The van der Waals surface area contributed by atoms with Gasteiger partial charge in [0, 0.05) is 0 Å². The van der Waals surface area contributed by atoms with Crippen molar-refractivity contribution in [1.82, 2.24) is 0 Å². The largest absolute Gasteiger partial charge is 0.465 e. The van der Waals surface area contributed by atoms with Crippen molar-refractivity contribution >= 4 is 5.97 Å². The summed E-state index contributed by atoms with van der Waals surface area (Å²) in [6.07, 6.45) is 32.2. The SMILES string of the molecule is CCCCCCCCCCCCCCC(CCCCCCCCCC)COC(=O)C(C)CCC. The van der Waals surface area contributed by atoms with Gasteiger partial charge in [0.15, 0.2) is 0 Å². The third kappa shape index (κ3) is 23.2. The highest BCUT2D eigenvalue weighted by atomic mass is 16.5. The molecule has 34 heavy (non-hydrogen) atoms. The summed E-state index contributed by atoms with van der Waals surface area (Å²) in [6.45, 7) is 9.39. The number of unbranched alkanes of at least 4 members (excludes halogenated alkanes) is 18. The molecule has 0 saturated carbocycles. The first-order valence-electron chi connectivity index (χ1n) is 15.8. The Morgan fingerprint density at radius 3 is 1.21 bits per heavy atom. The molecular formula is C32H64O2. The molecule has 0 aliphatic heterocycles. The number of carbonyl (C=O) groups is 1. The summed E-state index contributed by atoms with van der Waals surface area (Å²) in [5.74, 6) is 0.652. The van der Waals surface area contributed by atoms with Crippen LogP contribution in [0.4, 0.5) is 0 Å². The molecule has 0 spiro atoms. The minimum Gasteiger partial charge on any atom is -0.465 e. The monoisotopic (exact) mass is 480 g/mol. The lowest BCUT2D eigenvalue weighted by Crippen LogP contribution is -2.19. The predicted molar refractivity (Wildman–Crippen MR) is 151 cm³/mol. The summed E-state index contributed by atoms with van der Waals surface area (Å²) in [7, 11) is 0. The van der Waals surface area contributed by atoms with E-state index in [0.717, 1.165) is 12.8 Å². The Morgan fingerprint density at radius 2 is 0.853 bits per heavy atom. The van der Waals surface area contributed by atoms with E-state index < -0.39 is 0 Å². The van der Waals surface area contributed by atoms with Crippen molar-refractivity contribution in [3.8, 4) is 0 Å². The van der Waals surface area contributed by atoms with E-state index in [1.165, 1.54) is 141 Å². The molecule has 0 rings (SSSR count). The van der Waals surface area contributed by atoms with Crippen molar-refractivity contribution in [3.63, 3.8) is 0 Å². The quantitative estimate of drug-likeness (QED) is 0.0862. The molecule has 0 bridgehead atoms. The Labute approximate surface area is 215 Å². The van der Waals surface area contributed by atoms with E-state index in [2.05, 4.69) is 20.8 Å². The van der Waals surface area contributed by atoms with E-state index >= 15 is 0 Å². The van der Waals surface area contributed by atoms with E-state index in [9.17, 15) is 4.79 Å². The predicted octanol–water partition coefficient (Wildman–Crippen LogP) is 11.2. The van der Waals surface area contributed by atoms with E-state index in [-0.39, 0.29) is 11.9 Å². The summed E-state index contributed by atoms with van der Waals surface area (Å²) < 4.78 is 5.76. The molecule has 0 heterocycles. The zero-order valence-corrected chi connectivity index (χ0v) is 24.1. The van der Waals surface area contributed by atoms with Gasteiger partial charge in [0.25, 0.3) is 0 Å². The average molecular weight is 481 g/mol. The number of rotatable bonds is 27. The molecule has 0 aromatic carbocycles. The van der Waals surface area contributed by atoms with Crippen LogP contribution >= 0.6 is 0 Å². The lowest BCUT2D eigenvalue weighted by atomic mass is 9.94. The Kier molecular flexibility index (Phi) is 26.6. The van der Waals surface area contributed by atoms with Gasteiger partial charge in [-0.05, 0) is 25.2 Å². The van der Waals surface area contributed by atoms with Crippen LogP contribution in [0, 0.1) is 11.8 Å². The van der Waals surface area contributed by atoms with Crippen LogP contribution in [0.2, 0.25) is 0 Å². The third-order valence-corrected chi connectivity index (χ3v) is 7.52. The van der Waals surface area contributed by atoms with Crippen LogP contribution in [0.15, 0.2) is 0 Å². The number of ether oxygens (including phenoxy) is 1. The van der Waals surface area contributed by atoms with E-state index in [0.29, 0.717) is 12.5 Å². The minimum absolute atomic E-state index is 0.0254. The van der Waals surface area contributed by atoms with Gasteiger partial charge >= 0.3 is 5.97 Å². The first kappa shape index (κ1) is 33.5. The first-order chi connectivity index (χ1) is 16.7. The lowest BCUT2D eigenvalue weighted by Gasteiger charge is -2.19. The third-order valence-electron chi connectivity index (χ3n) is 7.52. The topological polar surface area (TPSA) is 26.3 Å². The van der Waals surface area contributed by atoms with E-state index in [1.54, 1.807) is 0 Å². The molecule has 0 aliphatic rings. The molecule has 2 heteroatoms. The molecule has 2 atom stereocenters. The number of hydrogen-bond acceptors (Lipinski definition) is 2. The van der Waals surface area contributed by atoms with Gasteiger partial charge in [0.05, 0.1) is 12.5 Å². The van der Waals surface area contributed by atoms with Gasteiger partial charge < -0.3 is 4.74 Å². The fourth-order valence-electron chi connectivity index (χ4n) is 5.05. The van der Waals surface area contributed by atoms with Gasteiger partial charge in [-0.2, -0.15) is 0 Å². The van der Waals surface area contributed by atoms with Gasteiger partial charge in [0.2, 0.25) is 0 Å². The summed E-state index contributed by atoms with van der Waals surface area (Å²) in [5.41, 5.74) is 0. The van der Waals surface area contributed by atoms with Crippen LogP contribution in [0.25, 0.3) is 0 Å². The second-order valence-corrected chi connectivity index (χ2v) is 11.1. The summed E-state index contributed by atoms with van der Waals surface area (Å²) >= 11 is 0. The molecule has 0 fully saturated rings. The van der Waals surface area contributed by atoms with Gasteiger partial charge in [-0.3, -0.25) is 4.79 Å². The van der Waals surface area contributed by atoms with Crippen molar-refractivity contribution in [1.29, 1.82) is 0 Å². The summed E-state index contributed by atoms with van der Waals surface area (Å²) in [6, 6.07) is 0. The lowest BCUT2D eigenvalue weighted by molar-refractivity contribution is -0.149. The van der Waals surface area contributed by atoms with Crippen molar-refractivity contribution in [2.75, 3.05) is 6.61 Å². The second kappa shape index (κ2) is 27.1. The molecule has 0 amide bonds. The van der Waals surface area contributed by atoms with Crippen molar-refractivity contribution in [2.24, 2.45) is 11.8 Å². The standard InChI is InChI=1S/C32H64O2/c1-5-8-10-12-14-16-17-18-19-21-23-25-28-31(29-34-32(33)30(4)26-7-3)27-24-22-20-15-13-11-9-6-2/h30-31H,5-29H2,1-4H3.